The van der Waals surface area contributed by atoms with Crippen LogP contribution >= 0.6 is 15.9 Å². The van der Waals surface area contributed by atoms with Crippen molar-refractivity contribution in [2.24, 2.45) is 0 Å². The van der Waals surface area contributed by atoms with Crippen LogP contribution in [0, 0.1) is 0 Å². The number of carbonyl (C=O) groups excluding carboxylic acids is 1. The van der Waals surface area contributed by atoms with Crippen molar-refractivity contribution in [1.82, 2.24) is 4.31 Å². The zero-order valence-corrected chi connectivity index (χ0v) is 18.0. The second kappa shape index (κ2) is 9.07. The molecule has 150 valence electrons. The molecule has 1 fully saturated rings. The minimum Gasteiger partial charge on any atom is -0.492 e. The van der Waals surface area contributed by atoms with Gasteiger partial charge in [-0.2, -0.15) is 4.31 Å². The number of anilines is 1. The van der Waals surface area contributed by atoms with Gasteiger partial charge in [0.2, 0.25) is 15.9 Å². The van der Waals surface area contributed by atoms with Crippen LogP contribution in [0.25, 0.3) is 0 Å². The van der Waals surface area contributed by atoms with Crippen LogP contribution in [0.15, 0.2) is 57.9 Å². The molecule has 3 rings (SSSR count). The van der Waals surface area contributed by atoms with E-state index in [4.69, 9.17) is 4.74 Å². The first-order valence-corrected chi connectivity index (χ1v) is 11.5. The summed E-state index contributed by atoms with van der Waals surface area (Å²) < 4.78 is 33.9. The minimum atomic E-state index is -3.77. The molecule has 0 aliphatic carbocycles. The molecule has 0 radical (unpaired) electrons. The molecule has 0 spiro atoms. The van der Waals surface area contributed by atoms with Crippen LogP contribution in [-0.4, -0.2) is 37.8 Å². The van der Waals surface area contributed by atoms with Crippen LogP contribution in [0.4, 0.5) is 5.69 Å². The molecule has 1 atom stereocenters. The van der Waals surface area contributed by atoms with Crippen LogP contribution in [-0.2, 0) is 14.8 Å². The summed E-state index contributed by atoms with van der Waals surface area (Å²) in [6.07, 6.45) is 2.02. The van der Waals surface area contributed by atoms with Gasteiger partial charge in [0.15, 0.2) is 0 Å². The summed E-state index contributed by atoms with van der Waals surface area (Å²) in [7, 11) is -3.77. The summed E-state index contributed by atoms with van der Waals surface area (Å²) in [5.74, 6) is 0.226. The number of hydrogen-bond acceptors (Lipinski definition) is 4. The van der Waals surface area contributed by atoms with Gasteiger partial charge in [-0.15, -0.1) is 0 Å². The summed E-state index contributed by atoms with van der Waals surface area (Å²) in [5, 5.41) is 2.85. The monoisotopic (exact) mass is 466 g/mol. The van der Waals surface area contributed by atoms with Gasteiger partial charge in [-0.25, -0.2) is 8.42 Å². The molecule has 2 aromatic rings. The van der Waals surface area contributed by atoms with Crippen molar-refractivity contribution < 1.29 is 17.9 Å². The Kier molecular flexibility index (Phi) is 6.74. The summed E-state index contributed by atoms with van der Waals surface area (Å²) in [6, 6.07) is 12.9. The Morgan fingerprint density at radius 1 is 1.18 bits per heavy atom. The predicted octanol–water partition coefficient (Wildman–Crippen LogP) is 4.03. The molecular weight excluding hydrogens is 444 g/mol. The third-order valence-electron chi connectivity index (χ3n) is 4.62. The number of piperidine rings is 1. The molecule has 1 aliphatic rings. The summed E-state index contributed by atoms with van der Waals surface area (Å²) in [4.78, 5) is 13.2. The van der Waals surface area contributed by atoms with E-state index >= 15 is 0 Å². The highest BCUT2D eigenvalue weighted by molar-refractivity contribution is 9.10. The van der Waals surface area contributed by atoms with Gasteiger partial charge in [-0.05, 0) is 56.2 Å². The van der Waals surface area contributed by atoms with Crippen molar-refractivity contribution in [3.63, 3.8) is 0 Å². The van der Waals surface area contributed by atoms with Crippen molar-refractivity contribution in [3.05, 3.63) is 53.0 Å². The minimum absolute atomic E-state index is 0.185. The maximum Gasteiger partial charge on any atom is 0.243 e. The number of hydrogen-bond donors (Lipinski definition) is 1. The molecule has 0 aromatic heterocycles. The molecule has 28 heavy (non-hydrogen) atoms. The lowest BCUT2D eigenvalue weighted by molar-refractivity contribution is -0.120. The Labute approximate surface area is 174 Å². The quantitative estimate of drug-likeness (QED) is 0.696. The number of ether oxygens (including phenoxy) is 1. The highest BCUT2D eigenvalue weighted by Gasteiger charge is 2.37. The van der Waals surface area contributed by atoms with E-state index in [1.165, 1.54) is 4.31 Å². The van der Waals surface area contributed by atoms with Gasteiger partial charge in [-0.1, -0.05) is 34.5 Å². The SMILES string of the molecule is CCOc1ccccc1NC(=O)[C@@H]1CCCCN1S(=O)(=O)c1ccc(Br)cc1. The van der Waals surface area contributed by atoms with E-state index in [1.54, 1.807) is 42.5 Å². The summed E-state index contributed by atoms with van der Waals surface area (Å²) >= 11 is 3.32. The second-order valence-electron chi connectivity index (χ2n) is 6.50. The second-order valence-corrected chi connectivity index (χ2v) is 9.31. The molecule has 1 aliphatic heterocycles. The number of halogens is 1. The normalized spacial score (nSPS) is 17.9. The number of rotatable bonds is 6. The highest BCUT2D eigenvalue weighted by Crippen LogP contribution is 2.29. The van der Waals surface area contributed by atoms with E-state index in [2.05, 4.69) is 21.2 Å². The average Bonchev–Trinajstić information content (AvgIpc) is 2.70. The van der Waals surface area contributed by atoms with Crippen molar-refractivity contribution in [1.29, 1.82) is 0 Å². The molecule has 1 amide bonds. The number of para-hydroxylation sites is 2. The maximum absolute atomic E-state index is 13.1. The Balaban J connectivity index is 1.85. The largest absolute Gasteiger partial charge is 0.492 e. The standard InChI is InChI=1S/C20H23BrN2O4S/c1-2-27-19-9-4-3-7-17(19)22-20(24)18-8-5-6-14-23(18)28(25,26)16-12-10-15(21)11-13-16/h3-4,7,9-13,18H,2,5-6,8,14H2,1H3,(H,22,24)/t18-/m0/s1. The molecule has 1 heterocycles. The van der Waals surface area contributed by atoms with Crippen molar-refractivity contribution in [2.45, 2.75) is 37.1 Å². The van der Waals surface area contributed by atoms with Gasteiger partial charge in [0.05, 0.1) is 17.2 Å². The molecule has 8 heteroatoms. The first-order valence-electron chi connectivity index (χ1n) is 9.23. The first kappa shape index (κ1) is 20.8. The fourth-order valence-electron chi connectivity index (χ4n) is 3.26. The molecule has 0 bridgehead atoms. The fraction of sp³-hybridized carbons (Fsp3) is 0.350. The fourth-order valence-corrected chi connectivity index (χ4v) is 5.18. The number of sulfonamides is 1. The van der Waals surface area contributed by atoms with Crippen LogP contribution in [0.5, 0.6) is 5.75 Å². The summed E-state index contributed by atoms with van der Waals surface area (Å²) in [5.41, 5.74) is 0.543. The highest BCUT2D eigenvalue weighted by atomic mass is 79.9. The van der Waals surface area contributed by atoms with Gasteiger partial charge in [0, 0.05) is 11.0 Å². The summed E-state index contributed by atoms with van der Waals surface area (Å²) in [6.45, 7) is 2.66. The van der Waals surface area contributed by atoms with E-state index in [-0.39, 0.29) is 10.8 Å². The topological polar surface area (TPSA) is 75.7 Å². The van der Waals surface area contributed by atoms with Crippen LogP contribution < -0.4 is 10.1 Å². The van der Waals surface area contributed by atoms with E-state index in [1.807, 2.05) is 13.0 Å². The van der Waals surface area contributed by atoms with Gasteiger partial charge < -0.3 is 10.1 Å². The third-order valence-corrected chi connectivity index (χ3v) is 7.07. The van der Waals surface area contributed by atoms with Crippen LogP contribution in [0.1, 0.15) is 26.2 Å². The lowest BCUT2D eigenvalue weighted by atomic mass is 10.0. The van der Waals surface area contributed by atoms with E-state index in [0.29, 0.717) is 31.0 Å². The molecule has 0 saturated carbocycles. The Morgan fingerprint density at radius 2 is 1.89 bits per heavy atom. The zero-order chi connectivity index (χ0) is 20.1. The Bertz CT molecular complexity index is 931. The lowest BCUT2D eigenvalue weighted by Gasteiger charge is -2.33. The van der Waals surface area contributed by atoms with E-state index in [9.17, 15) is 13.2 Å². The van der Waals surface area contributed by atoms with Crippen molar-refractivity contribution >= 4 is 37.5 Å². The predicted molar refractivity (Wildman–Crippen MR) is 112 cm³/mol. The Morgan fingerprint density at radius 3 is 2.61 bits per heavy atom. The molecular formula is C20H23BrN2O4S. The van der Waals surface area contributed by atoms with Crippen molar-refractivity contribution in [2.75, 3.05) is 18.5 Å². The van der Waals surface area contributed by atoms with E-state index in [0.717, 1.165) is 17.3 Å². The smallest absolute Gasteiger partial charge is 0.243 e. The molecule has 1 saturated heterocycles. The van der Waals surface area contributed by atoms with Gasteiger partial charge in [0.1, 0.15) is 11.8 Å². The maximum atomic E-state index is 13.1. The van der Waals surface area contributed by atoms with Crippen molar-refractivity contribution in [3.8, 4) is 5.75 Å². The molecule has 2 aromatic carbocycles. The van der Waals surface area contributed by atoms with Crippen LogP contribution in [0.2, 0.25) is 0 Å². The molecule has 1 N–H and O–H groups in total. The van der Waals surface area contributed by atoms with Gasteiger partial charge >= 0.3 is 0 Å². The number of carbonyl (C=O) groups is 1. The average molecular weight is 467 g/mol. The van der Waals surface area contributed by atoms with Gasteiger partial charge in [-0.3, -0.25) is 4.79 Å². The number of nitrogens with zero attached hydrogens (tertiary/aromatic N) is 1. The lowest BCUT2D eigenvalue weighted by Crippen LogP contribution is -2.49. The van der Waals surface area contributed by atoms with Gasteiger partial charge in [0.25, 0.3) is 0 Å². The molecule has 6 nitrogen and oxygen atoms in total. The van der Waals surface area contributed by atoms with Crippen LogP contribution in [0.3, 0.4) is 0 Å². The Hall–Kier alpha value is -1.90. The zero-order valence-electron chi connectivity index (χ0n) is 15.6. The third kappa shape index (κ3) is 4.56. The first-order chi connectivity index (χ1) is 13.4. The van der Waals surface area contributed by atoms with E-state index < -0.39 is 16.1 Å². The number of amides is 1. The molecule has 0 unspecified atom stereocenters. The number of nitrogens with one attached hydrogen (secondary N) is 1. The number of benzene rings is 2.